The maximum Gasteiger partial charge on any atom is 0.411 e. The summed E-state index contributed by atoms with van der Waals surface area (Å²) in [6.45, 7) is 5.22. The maximum atomic E-state index is 11.8. The van der Waals surface area contributed by atoms with Gasteiger partial charge in [0.2, 0.25) is 0 Å². The predicted octanol–water partition coefficient (Wildman–Crippen LogP) is 4.92. The molecule has 0 aliphatic carbocycles. The Morgan fingerprint density at radius 3 is 2.42 bits per heavy atom. The molecule has 0 unspecified atom stereocenters. The highest BCUT2D eigenvalue weighted by Crippen LogP contribution is 2.11. The van der Waals surface area contributed by atoms with Crippen molar-refractivity contribution in [1.82, 2.24) is 0 Å². The van der Waals surface area contributed by atoms with Crippen molar-refractivity contribution in [2.75, 3.05) is 11.9 Å². The van der Waals surface area contributed by atoms with Gasteiger partial charge in [0.05, 0.1) is 6.61 Å². The Morgan fingerprint density at radius 2 is 1.71 bits per heavy atom. The van der Waals surface area contributed by atoms with Crippen LogP contribution in [0.2, 0.25) is 0 Å². The Morgan fingerprint density at radius 1 is 1.00 bits per heavy atom. The number of nitrogens with one attached hydrogen (secondary N) is 1. The van der Waals surface area contributed by atoms with Crippen molar-refractivity contribution >= 4 is 11.8 Å². The number of hydrogen-bond acceptors (Lipinski definition) is 3. The van der Waals surface area contributed by atoms with Crippen molar-refractivity contribution < 1.29 is 14.3 Å². The number of unbranched alkanes of at least 4 members (excludes halogenated alkanes) is 1. The normalized spacial score (nSPS) is 10.2. The van der Waals surface area contributed by atoms with Crippen molar-refractivity contribution in [2.24, 2.45) is 0 Å². The second kappa shape index (κ2) is 10.2. The summed E-state index contributed by atoms with van der Waals surface area (Å²) in [4.78, 5) is 11.8. The number of carbonyl (C=O) groups excluding carboxylic acids is 1. The fourth-order valence-corrected chi connectivity index (χ4v) is 2.08. The first kappa shape index (κ1) is 17.8. The molecule has 126 valence electrons. The van der Waals surface area contributed by atoms with E-state index < -0.39 is 6.09 Å². The minimum Gasteiger partial charge on any atom is -0.444 e. The van der Waals surface area contributed by atoms with E-state index in [9.17, 15) is 4.79 Å². The van der Waals surface area contributed by atoms with E-state index >= 15 is 0 Å². The molecular weight excluding hydrogens is 302 g/mol. The van der Waals surface area contributed by atoms with Gasteiger partial charge >= 0.3 is 6.09 Å². The summed E-state index contributed by atoms with van der Waals surface area (Å²) in [7, 11) is 0. The smallest absolute Gasteiger partial charge is 0.411 e. The molecule has 0 saturated carbocycles. The number of anilines is 1. The molecule has 0 fully saturated rings. The molecule has 2 aromatic carbocycles. The molecule has 0 aliphatic rings. The zero-order chi connectivity index (χ0) is 17.0. The first-order valence-corrected chi connectivity index (χ1v) is 8.03. The van der Waals surface area contributed by atoms with E-state index in [1.165, 1.54) is 0 Å². The van der Waals surface area contributed by atoms with Crippen LogP contribution in [0.4, 0.5) is 10.5 Å². The molecule has 4 heteroatoms. The van der Waals surface area contributed by atoms with Gasteiger partial charge in [-0.1, -0.05) is 48.5 Å². The fraction of sp³-hybridized carbons (Fsp3) is 0.250. The summed E-state index contributed by atoms with van der Waals surface area (Å²) in [6.07, 6.45) is 3.37. The molecule has 1 N–H and O–H groups in total. The third-order valence-electron chi connectivity index (χ3n) is 3.38. The fourth-order valence-electron chi connectivity index (χ4n) is 2.08. The average molecular weight is 325 g/mol. The number of rotatable bonds is 9. The van der Waals surface area contributed by atoms with Crippen LogP contribution >= 0.6 is 0 Å². The minimum atomic E-state index is -0.465. The van der Waals surface area contributed by atoms with Crippen LogP contribution in [0.15, 0.2) is 67.3 Å². The molecule has 0 heterocycles. The van der Waals surface area contributed by atoms with Gasteiger partial charge < -0.3 is 9.47 Å². The van der Waals surface area contributed by atoms with Gasteiger partial charge in [0.1, 0.15) is 6.61 Å². The summed E-state index contributed by atoms with van der Waals surface area (Å²) in [6, 6.07) is 17.1. The third kappa shape index (κ3) is 6.67. The molecule has 0 bridgehead atoms. The summed E-state index contributed by atoms with van der Waals surface area (Å²) in [5.41, 5.74) is 2.72. The van der Waals surface area contributed by atoms with E-state index in [1.807, 2.05) is 60.7 Å². The van der Waals surface area contributed by atoms with Gasteiger partial charge in [-0.25, -0.2) is 4.79 Å². The van der Waals surface area contributed by atoms with Gasteiger partial charge in [-0.05, 0) is 36.1 Å². The lowest BCUT2D eigenvalue weighted by atomic mass is 10.2. The second-order valence-corrected chi connectivity index (χ2v) is 5.37. The van der Waals surface area contributed by atoms with Crippen molar-refractivity contribution in [1.29, 1.82) is 0 Å². The van der Waals surface area contributed by atoms with E-state index in [2.05, 4.69) is 11.9 Å². The monoisotopic (exact) mass is 325 g/mol. The highest BCUT2D eigenvalue weighted by atomic mass is 16.5. The highest BCUT2D eigenvalue weighted by molar-refractivity contribution is 5.84. The molecule has 0 spiro atoms. The Kier molecular flexibility index (Phi) is 7.57. The van der Waals surface area contributed by atoms with E-state index in [4.69, 9.17) is 9.47 Å². The first-order valence-electron chi connectivity index (χ1n) is 8.03. The van der Waals surface area contributed by atoms with Crippen LogP contribution in [0.3, 0.4) is 0 Å². The summed E-state index contributed by atoms with van der Waals surface area (Å²) >= 11 is 0. The van der Waals surface area contributed by atoms with Crippen LogP contribution in [-0.4, -0.2) is 12.7 Å². The number of ether oxygens (including phenoxy) is 2. The van der Waals surface area contributed by atoms with Crippen LogP contribution in [0, 0.1) is 0 Å². The third-order valence-corrected chi connectivity index (χ3v) is 3.38. The Bertz CT molecular complexity index is 623. The van der Waals surface area contributed by atoms with E-state index in [0.29, 0.717) is 12.3 Å². The van der Waals surface area contributed by atoms with Gasteiger partial charge in [-0.15, -0.1) is 6.58 Å². The molecule has 0 saturated heterocycles. The molecule has 2 rings (SSSR count). The maximum absolute atomic E-state index is 11.8. The Labute approximate surface area is 143 Å². The van der Waals surface area contributed by atoms with Gasteiger partial charge in [-0.3, -0.25) is 5.32 Å². The van der Waals surface area contributed by atoms with Crippen molar-refractivity contribution in [3.05, 3.63) is 78.4 Å². The first-order chi connectivity index (χ1) is 11.8. The molecule has 0 atom stereocenters. The molecule has 0 radical (unpaired) electrons. The lowest BCUT2D eigenvalue weighted by Crippen LogP contribution is -2.13. The number of carbonyl (C=O) groups is 1. The second-order valence-electron chi connectivity index (χ2n) is 5.37. The van der Waals surface area contributed by atoms with Gasteiger partial charge in [0.25, 0.3) is 0 Å². The van der Waals surface area contributed by atoms with E-state index in [1.54, 1.807) is 0 Å². The molecule has 0 aromatic heterocycles. The topological polar surface area (TPSA) is 47.6 Å². The lowest BCUT2D eigenvalue weighted by molar-refractivity contribution is 0.119. The van der Waals surface area contributed by atoms with Crippen molar-refractivity contribution in [3.63, 3.8) is 0 Å². The zero-order valence-corrected chi connectivity index (χ0v) is 13.7. The van der Waals surface area contributed by atoms with Crippen LogP contribution in [0.25, 0.3) is 0 Å². The van der Waals surface area contributed by atoms with Gasteiger partial charge in [0, 0.05) is 12.3 Å². The van der Waals surface area contributed by atoms with E-state index in [0.717, 1.165) is 30.6 Å². The molecule has 0 aliphatic heterocycles. The van der Waals surface area contributed by atoms with E-state index in [-0.39, 0.29) is 6.61 Å². The van der Waals surface area contributed by atoms with Crippen LogP contribution in [0.5, 0.6) is 0 Å². The number of allylic oxidation sites excluding steroid dienone is 1. The zero-order valence-electron chi connectivity index (χ0n) is 13.7. The van der Waals surface area contributed by atoms with Crippen molar-refractivity contribution in [3.8, 4) is 0 Å². The molecule has 1 amide bonds. The van der Waals surface area contributed by atoms with Crippen LogP contribution in [0.1, 0.15) is 24.0 Å². The quantitative estimate of drug-likeness (QED) is 0.526. The average Bonchev–Trinajstić information content (AvgIpc) is 2.62. The molecular formula is C20H23NO3. The number of benzene rings is 2. The van der Waals surface area contributed by atoms with Crippen molar-refractivity contribution in [2.45, 2.75) is 26.1 Å². The summed E-state index contributed by atoms with van der Waals surface area (Å²) in [5.74, 6) is 0. The molecule has 2 aromatic rings. The van der Waals surface area contributed by atoms with Gasteiger partial charge in [-0.2, -0.15) is 0 Å². The summed E-state index contributed by atoms with van der Waals surface area (Å²) < 4.78 is 10.8. The minimum absolute atomic E-state index is 0.253. The summed E-state index contributed by atoms with van der Waals surface area (Å²) in [5, 5.41) is 2.71. The Hall–Kier alpha value is -2.59. The number of hydrogen-bond donors (Lipinski definition) is 1. The van der Waals surface area contributed by atoms with Gasteiger partial charge in [0.15, 0.2) is 0 Å². The van der Waals surface area contributed by atoms with Crippen LogP contribution in [-0.2, 0) is 22.7 Å². The predicted molar refractivity (Wildman–Crippen MR) is 95.8 cm³/mol. The standard InChI is InChI=1S/C20H23NO3/c1-2-3-7-14-23-15-18-10-12-19(13-11-18)21-20(22)24-16-17-8-5-4-6-9-17/h2,4-6,8-13H,1,3,7,14-16H2,(H,21,22). The molecule has 24 heavy (non-hydrogen) atoms. The highest BCUT2D eigenvalue weighted by Gasteiger charge is 2.04. The lowest BCUT2D eigenvalue weighted by Gasteiger charge is -2.08. The largest absolute Gasteiger partial charge is 0.444 e. The number of amides is 1. The SMILES string of the molecule is C=CCCCOCc1ccc(NC(=O)OCc2ccccc2)cc1. The Balaban J connectivity index is 1.70. The van der Waals surface area contributed by atoms with Crippen LogP contribution < -0.4 is 5.32 Å². The molecule has 4 nitrogen and oxygen atoms in total.